The summed E-state index contributed by atoms with van der Waals surface area (Å²) in [6.45, 7) is 14.6. The maximum Gasteiger partial charge on any atom is 0.474 e. The van der Waals surface area contributed by atoms with E-state index >= 15 is 0 Å². The van der Waals surface area contributed by atoms with Gasteiger partial charge in [0.25, 0.3) is 0 Å². The molecule has 0 fully saturated rings. The largest absolute Gasteiger partial charge is 0.474 e. The van der Waals surface area contributed by atoms with E-state index in [4.69, 9.17) is 23.0 Å². The number of hydrogen-bond donors (Lipinski definition) is 0. The first kappa shape index (κ1) is 39.5. The van der Waals surface area contributed by atoms with Crippen molar-refractivity contribution in [1.82, 2.24) is 0 Å². The summed E-state index contributed by atoms with van der Waals surface area (Å²) in [4.78, 5) is 22.7. The van der Waals surface area contributed by atoms with Crippen molar-refractivity contribution in [2.45, 2.75) is 136 Å². The molecule has 0 rings (SSSR count). The predicted octanol–water partition coefficient (Wildman–Crippen LogP) is 9.42. The molecule has 9 heteroatoms. The smallest absolute Gasteiger partial charge is 0.462 e. The van der Waals surface area contributed by atoms with Gasteiger partial charge in [0.2, 0.25) is 0 Å². The van der Waals surface area contributed by atoms with Gasteiger partial charge in [-0.15, -0.1) is 0 Å². The van der Waals surface area contributed by atoms with Crippen LogP contribution < -0.4 is 0 Å². The third-order valence-corrected chi connectivity index (χ3v) is 7.98. The van der Waals surface area contributed by atoms with Crippen LogP contribution >= 0.6 is 7.82 Å². The Morgan fingerprint density at radius 2 is 0.756 bits per heavy atom. The minimum Gasteiger partial charge on any atom is -0.462 e. The van der Waals surface area contributed by atoms with E-state index in [0.29, 0.717) is 44.2 Å². The molecule has 0 amide bonds. The summed E-state index contributed by atoms with van der Waals surface area (Å²) < 4.78 is 40.4. The highest BCUT2D eigenvalue weighted by Crippen LogP contribution is 2.50. The highest BCUT2D eigenvalue weighted by atomic mass is 31.2. The number of phosphoric acid groups is 1. The van der Waals surface area contributed by atoms with Crippen LogP contribution in [0.15, 0.2) is 24.3 Å². The Balaban J connectivity index is 4.12. The van der Waals surface area contributed by atoms with Crippen LogP contribution in [-0.2, 0) is 37.2 Å². The Kier molecular flexibility index (Phi) is 26.4. The number of carbonyl (C=O) groups is 2. The lowest BCUT2D eigenvalue weighted by Crippen LogP contribution is -2.06. The lowest BCUT2D eigenvalue weighted by molar-refractivity contribution is -0.139. The van der Waals surface area contributed by atoms with Gasteiger partial charge in [-0.25, -0.2) is 14.2 Å². The molecule has 0 bridgehead atoms. The molecule has 8 nitrogen and oxygen atoms in total. The number of ether oxygens (including phenoxy) is 2. The fraction of sp³-hybridized carbons (Fsp3) is 0.812. The van der Waals surface area contributed by atoms with Crippen molar-refractivity contribution in [2.24, 2.45) is 0 Å². The third-order valence-electron chi connectivity index (χ3n) is 6.49. The summed E-state index contributed by atoms with van der Waals surface area (Å²) in [5.41, 5.74) is 0.851. The SMILES string of the molecule is C=C(C)C(=O)OCCCCCCCCOP(=O)(OCCCCCCCC)OCCCCCCCCOC(=O)C(=C)C. The van der Waals surface area contributed by atoms with Gasteiger partial charge < -0.3 is 9.47 Å². The van der Waals surface area contributed by atoms with Gasteiger partial charge in [-0.3, -0.25) is 13.6 Å². The lowest BCUT2D eigenvalue weighted by atomic mass is 10.1. The van der Waals surface area contributed by atoms with E-state index in [1.807, 2.05) is 0 Å². The molecule has 0 heterocycles. The number of hydrogen-bond acceptors (Lipinski definition) is 8. The van der Waals surface area contributed by atoms with Crippen LogP contribution in [0, 0.1) is 0 Å². The van der Waals surface area contributed by atoms with Gasteiger partial charge in [-0.1, -0.05) is 104 Å². The van der Waals surface area contributed by atoms with E-state index in [0.717, 1.165) is 96.3 Å². The minimum absolute atomic E-state index is 0.330. The van der Waals surface area contributed by atoms with Gasteiger partial charge in [0.15, 0.2) is 0 Å². The molecule has 0 unspecified atom stereocenters. The van der Waals surface area contributed by atoms with Crippen molar-refractivity contribution in [3.8, 4) is 0 Å². The fourth-order valence-corrected chi connectivity index (χ4v) is 5.20. The maximum absolute atomic E-state index is 13.2. The Morgan fingerprint density at radius 1 is 0.488 bits per heavy atom. The Morgan fingerprint density at radius 3 is 1.05 bits per heavy atom. The molecule has 0 aromatic heterocycles. The Bertz CT molecular complexity index is 702. The molecule has 0 aromatic rings. The second kappa shape index (κ2) is 27.4. The van der Waals surface area contributed by atoms with Crippen LogP contribution in [0.2, 0.25) is 0 Å². The quantitative estimate of drug-likeness (QED) is 0.0347. The zero-order valence-electron chi connectivity index (χ0n) is 26.4. The van der Waals surface area contributed by atoms with Gasteiger partial charge in [0, 0.05) is 11.1 Å². The van der Waals surface area contributed by atoms with Gasteiger partial charge in [-0.05, 0) is 46.0 Å². The molecule has 0 aromatic carbocycles. The van der Waals surface area contributed by atoms with Crippen LogP contribution in [0.1, 0.15) is 136 Å². The first-order valence-corrected chi connectivity index (χ1v) is 17.4. The van der Waals surface area contributed by atoms with Crippen molar-refractivity contribution in [2.75, 3.05) is 33.0 Å². The van der Waals surface area contributed by atoms with E-state index in [1.165, 1.54) is 19.3 Å². The number of unbranched alkanes of at least 4 members (excludes halogenated alkanes) is 15. The first-order chi connectivity index (χ1) is 19.7. The molecule has 0 aliphatic rings. The standard InChI is InChI=1S/C32H59O8P/c1-6-7-8-9-16-21-26-38-41(35,39-27-22-17-12-10-14-19-24-36-31(33)29(2)3)40-28-23-18-13-11-15-20-25-37-32(34)30(4)5/h2,4,6-28H2,1,3,5H3. The molecule has 41 heavy (non-hydrogen) atoms. The normalized spacial score (nSPS) is 11.4. The third kappa shape index (κ3) is 25.9. The lowest BCUT2D eigenvalue weighted by Gasteiger charge is -2.18. The second-order valence-corrected chi connectivity index (χ2v) is 12.5. The van der Waals surface area contributed by atoms with E-state index in [9.17, 15) is 14.2 Å². The highest BCUT2D eigenvalue weighted by Gasteiger charge is 2.26. The topological polar surface area (TPSA) is 97.4 Å². The zero-order valence-corrected chi connectivity index (χ0v) is 27.3. The van der Waals surface area contributed by atoms with Crippen molar-refractivity contribution >= 4 is 19.8 Å². The highest BCUT2D eigenvalue weighted by molar-refractivity contribution is 7.48. The molecule has 0 spiro atoms. The number of rotatable bonds is 30. The van der Waals surface area contributed by atoms with Crippen molar-refractivity contribution in [1.29, 1.82) is 0 Å². The number of esters is 2. The molecule has 0 atom stereocenters. The average molecular weight is 603 g/mol. The molecule has 240 valence electrons. The molecule has 0 radical (unpaired) electrons. The second-order valence-electron chi connectivity index (χ2n) is 10.8. The van der Waals surface area contributed by atoms with Crippen LogP contribution in [0.4, 0.5) is 0 Å². The maximum atomic E-state index is 13.2. The summed E-state index contributed by atoms with van der Waals surface area (Å²) >= 11 is 0. The predicted molar refractivity (Wildman–Crippen MR) is 166 cm³/mol. The number of phosphoric ester groups is 1. The summed E-state index contributed by atoms with van der Waals surface area (Å²) in [6, 6.07) is 0. The van der Waals surface area contributed by atoms with Gasteiger partial charge in [-0.2, -0.15) is 0 Å². The number of carbonyl (C=O) groups excluding carboxylic acids is 2. The van der Waals surface area contributed by atoms with Gasteiger partial charge in [0.05, 0.1) is 33.0 Å². The Labute approximate surface area is 250 Å². The summed E-state index contributed by atoms with van der Waals surface area (Å²) in [7, 11) is -3.57. The molecule has 0 aliphatic carbocycles. The molecular weight excluding hydrogens is 543 g/mol. The van der Waals surface area contributed by atoms with E-state index in [1.54, 1.807) is 13.8 Å². The summed E-state index contributed by atoms with van der Waals surface area (Å²) in [5, 5.41) is 0. The fourth-order valence-electron chi connectivity index (χ4n) is 3.92. The molecule has 0 saturated heterocycles. The molecule has 0 saturated carbocycles. The minimum atomic E-state index is -3.57. The Hall–Kier alpha value is -1.47. The molecule has 0 N–H and O–H groups in total. The molecular formula is C32H59O8P. The summed E-state index contributed by atoms with van der Waals surface area (Å²) in [6.07, 6.45) is 18.1. The van der Waals surface area contributed by atoms with Crippen LogP contribution in [-0.4, -0.2) is 45.0 Å². The van der Waals surface area contributed by atoms with Crippen molar-refractivity contribution < 1.29 is 37.2 Å². The van der Waals surface area contributed by atoms with Gasteiger partial charge in [0.1, 0.15) is 0 Å². The molecule has 0 aliphatic heterocycles. The zero-order chi connectivity index (χ0) is 30.6. The average Bonchev–Trinajstić information content (AvgIpc) is 2.94. The first-order valence-electron chi connectivity index (χ1n) is 15.9. The van der Waals surface area contributed by atoms with Crippen LogP contribution in [0.5, 0.6) is 0 Å². The van der Waals surface area contributed by atoms with Crippen molar-refractivity contribution in [3.05, 3.63) is 24.3 Å². The summed E-state index contributed by atoms with van der Waals surface area (Å²) in [5.74, 6) is -0.661. The van der Waals surface area contributed by atoms with Gasteiger partial charge >= 0.3 is 19.8 Å². The van der Waals surface area contributed by atoms with E-state index < -0.39 is 7.82 Å². The van der Waals surface area contributed by atoms with Crippen LogP contribution in [0.3, 0.4) is 0 Å². The van der Waals surface area contributed by atoms with E-state index in [2.05, 4.69) is 20.1 Å². The van der Waals surface area contributed by atoms with E-state index in [-0.39, 0.29) is 11.9 Å². The van der Waals surface area contributed by atoms with Crippen molar-refractivity contribution in [3.63, 3.8) is 0 Å². The van der Waals surface area contributed by atoms with Crippen LogP contribution in [0.25, 0.3) is 0 Å². The monoisotopic (exact) mass is 602 g/mol.